The minimum Gasteiger partial charge on any atom is -0.477 e. The van der Waals surface area contributed by atoms with Crippen molar-refractivity contribution in [3.63, 3.8) is 0 Å². The minimum atomic E-state index is -1.09. The minimum absolute atomic E-state index is 0.0803. The molecule has 2 heterocycles. The van der Waals surface area contributed by atoms with E-state index in [0.29, 0.717) is 5.56 Å². The van der Waals surface area contributed by atoms with Crippen molar-refractivity contribution in [3.8, 4) is 0 Å². The molecule has 0 spiro atoms. The van der Waals surface area contributed by atoms with E-state index in [-0.39, 0.29) is 35.0 Å². The van der Waals surface area contributed by atoms with Crippen LogP contribution in [0.5, 0.6) is 0 Å². The molecule has 0 saturated heterocycles. The molecule has 1 aromatic rings. The summed E-state index contributed by atoms with van der Waals surface area (Å²) in [5.74, 6) is -1.72. The maximum Gasteiger partial charge on any atom is 0.348 e. The lowest BCUT2D eigenvalue weighted by Crippen LogP contribution is -2.34. The van der Waals surface area contributed by atoms with E-state index in [9.17, 15) is 14.4 Å². The predicted molar refractivity (Wildman–Crippen MR) is 74.1 cm³/mol. The molecule has 0 aromatic carbocycles. The number of carboxylic acid groups (broad SMARTS) is 1. The van der Waals surface area contributed by atoms with Gasteiger partial charge in [0.1, 0.15) is 10.6 Å². The summed E-state index contributed by atoms with van der Waals surface area (Å²) in [5, 5.41) is 18.3. The number of carboxylic acids is 1. The highest BCUT2D eigenvalue weighted by molar-refractivity contribution is 7.12. The van der Waals surface area contributed by atoms with Crippen LogP contribution in [0.15, 0.2) is 10.5 Å². The SMILES string of the molecule is Cc1csc(C(=O)O)c1NC(=O)C1=NN(C)C(=O)CC1. The first-order chi connectivity index (χ1) is 9.40. The van der Waals surface area contributed by atoms with Gasteiger partial charge in [-0.25, -0.2) is 9.80 Å². The van der Waals surface area contributed by atoms with Crippen LogP contribution in [0.25, 0.3) is 0 Å². The predicted octanol–water partition coefficient (Wildman–Crippen LogP) is 1.30. The first-order valence-electron chi connectivity index (χ1n) is 5.87. The van der Waals surface area contributed by atoms with Crippen LogP contribution < -0.4 is 5.32 Å². The monoisotopic (exact) mass is 295 g/mol. The fraction of sp³-hybridized carbons (Fsp3) is 0.333. The first kappa shape index (κ1) is 14.2. The van der Waals surface area contributed by atoms with E-state index in [2.05, 4.69) is 10.4 Å². The maximum absolute atomic E-state index is 12.1. The second-order valence-electron chi connectivity index (χ2n) is 4.35. The van der Waals surface area contributed by atoms with Crippen LogP contribution in [0.1, 0.15) is 28.1 Å². The van der Waals surface area contributed by atoms with Crippen molar-refractivity contribution >= 4 is 40.5 Å². The van der Waals surface area contributed by atoms with Crippen LogP contribution in [0.2, 0.25) is 0 Å². The largest absolute Gasteiger partial charge is 0.477 e. The maximum atomic E-state index is 12.1. The third kappa shape index (κ3) is 2.69. The number of carbonyl (C=O) groups is 3. The molecule has 2 amide bonds. The second-order valence-corrected chi connectivity index (χ2v) is 5.23. The Morgan fingerprint density at radius 1 is 1.45 bits per heavy atom. The number of carbonyl (C=O) groups excluding carboxylic acids is 2. The molecule has 1 aliphatic heterocycles. The molecule has 0 aliphatic carbocycles. The lowest BCUT2D eigenvalue weighted by atomic mass is 10.1. The van der Waals surface area contributed by atoms with Gasteiger partial charge in [0.2, 0.25) is 5.91 Å². The highest BCUT2D eigenvalue weighted by atomic mass is 32.1. The molecule has 20 heavy (non-hydrogen) atoms. The Hall–Kier alpha value is -2.22. The number of nitrogens with zero attached hydrogens (tertiary/aromatic N) is 2. The Balaban J connectivity index is 2.21. The second kappa shape index (κ2) is 5.41. The molecule has 0 saturated carbocycles. The van der Waals surface area contributed by atoms with E-state index in [4.69, 9.17) is 5.11 Å². The molecule has 0 fully saturated rings. The van der Waals surface area contributed by atoms with Crippen molar-refractivity contribution in [2.45, 2.75) is 19.8 Å². The van der Waals surface area contributed by atoms with Crippen LogP contribution in [-0.2, 0) is 9.59 Å². The molecule has 7 nitrogen and oxygen atoms in total. The van der Waals surface area contributed by atoms with Gasteiger partial charge < -0.3 is 10.4 Å². The number of hydrazone groups is 1. The Labute approximate surface area is 118 Å². The van der Waals surface area contributed by atoms with Gasteiger partial charge >= 0.3 is 5.97 Å². The molecule has 0 radical (unpaired) electrons. The van der Waals surface area contributed by atoms with Crippen LogP contribution in [-0.4, -0.2) is 40.7 Å². The molecule has 0 unspecified atom stereocenters. The Morgan fingerprint density at radius 2 is 2.15 bits per heavy atom. The van der Waals surface area contributed by atoms with Crippen LogP contribution in [0, 0.1) is 6.92 Å². The fourth-order valence-corrected chi connectivity index (χ4v) is 2.62. The molecule has 2 N–H and O–H groups in total. The van der Waals surface area contributed by atoms with Gasteiger partial charge in [0.25, 0.3) is 5.91 Å². The third-order valence-corrected chi connectivity index (χ3v) is 3.96. The Morgan fingerprint density at radius 3 is 2.75 bits per heavy atom. The van der Waals surface area contributed by atoms with Crippen LogP contribution in [0.3, 0.4) is 0 Å². The summed E-state index contributed by atoms with van der Waals surface area (Å²) in [6, 6.07) is 0. The Kier molecular flexibility index (Phi) is 3.84. The van der Waals surface area contributed by atoms with E-state index in [1.54, 1.807) is 12.3 Å². The van der Waals surface area contributed by atoms with Crippen molar-refractivity contribution in [1.29, 1.82) is 0 Å². The summed E-state index contributed by atoms with van der Waals surface area (Å²) in [7, 11) is 1.48. The van der Waals surface area contributed by atoms with Crippen LogP contribution >= 0.6 is 11.3 Å². The lowest BCUT2D eigenvalue weighted by molar-refractivity contribution is -0.130. The van der Waals surface area contributed by atoms with Gasteiger partial charge in [0.05, 0.1) is 5.69 Å². The molecule has 1 aromatic heterocycles. The first-order valence-corrected chi connectivity index (χ1v) is 6.75. The molecular formula is C12H13N3O4S. The average molecular weight is 295 g/mol. The molecule has 2 rings (SSSR count). The number of aryl methyl sites for hydroxylation is 1. The van der Waals surface area contributed by atoms with E-state index >= 15 is 0 Å². The van der Waals surface area contributed by atoms with Gasteiger partial charge in [-0.15, -0.1) is 11.3 Å². The third-order valence-electron chi connectivity index (χ3n) is 2.88. The van der Waals surface area contributed by atoms with Crippen LogP contribution in [0.4, 0.5) is 5.69 Å². The number of anilines is 1. The molecule has 8 heteroatoms. The normalized spacial score (nSPS) is 15.0. The van der Waals surface area contributed by atoms with Gasteiger partial charge in [-0.1, -0.05) is 0 Å². The highest BCUT2D eigenvalue weighted by Gasteiger charge is 2.24. The topological polar surface area (TPSA) is 99.1 Å². The lowest BCUT2D eigenvalue weighted by Gasteiger charge is -2.19. The van der Waals surface area contributed by atoms with Gasteiger partial charge in [-0.2, -0.15) is 5.10 Å². The molecule has 1 aliphatic rings. The van der Waals surface area contributed by atoms with Crippen molar-refractivity contribution in [3.05, 3.63) is 15.8 Å². The smallest absolute Gasteiger partial charge is 0.348 e. The summed E-state index contributed by atoms with van der Waals surface area (Å²) >= 11 is 1.06. The average Bonchev–Trinajstić information content (AvgIpc) is 2.74. The molecule has 0 atom stereocenters. The highest BCUT2D eigenvalue weighted by Crippen LogP contribution is 2.27. The summed E-state index contributed by atoms with van der Waals surface area (Å²) in [5.41, 5.74) is 1.19. The fourth-order valence-electron chi connectivity index (χ4n) is 1.78. The summed E-state index contributed by atoms with van der Waals surface area (Å²) < 4.78 is 0. The van der Waals surface area contributed by atoms with Crippen molar-refractivity contribution in [1.82, 2.24) is 5.01 Å². The molecule has 106 valence electrons. The number of aromatic carboxylic acids is 1. The van der Waals surface area contributed by atoms with E-state index in [1.165, 1.54) is 7.05 Å². The summed E-state index contributed by atoms with van der Waals surface area (Å²) in [4.78, 5) is 34.5. The van der Waals surface area contributed by atoms with Gasteiger partial charge in [0.15, 0.2) is 0 Å². The zero-order chi connectivity index (χ0) is 14.9. The van der Waals surface area contributed by atoms with Crippen molar-refractivity contribution < 1.29 is 19.5 Å². The van der Waals surface area contributed by atoms with E-state index < -0.39 is 11.9 Å². The number of hydrogen-bond donors (Lipinski definition) is 2. The summed E-state index contributed by atoms with van der Waals surface area (Å²) in [6.07, 6.45) is 0.470. The molecule has 0 bridgehead atoms. The number of hydrogen-bond acceptors (Lipinski definition) is 5. The number of nitrogens with one attached hydrogen (secondary N) is 1. The van der Waals surface area contributed by atoms with Gasteiger partial charge in [-0.05, 0) is 17.9 Å². The summed E-state index contributed by atoms with van der Waals surface area (Å²) in [6.45, 7) is 1.72. The zero-order valence-corrected chi connectivity index (χ0v) is 11.8. The van der Waals surface area contributed by atoms with E-state index in [0.717, 1.165) is 16.3 Å². The van der Waals surface area contributed by atoms with Crippen molar-refractivity contribution in [2.75, 3.05) is 12.4 Å². The van der Waals surface area contributed by atoms with Gasteiger partial charge in [-0.3, -0.25) is 9.59 Å². The number of rotatable bonds is 3. The molecular weight excluding hydrogens is 282 g/mol. The van der Waals surface area contributed by atoms with E-state index in [1.807, 2.05) is 0 Å². The van der Waals surface area contributed by atoms with Crippen molar-refractivity contribution in [2.24, 2.45) is 5.10 Å². The Bertz CT molecular complexity index is 620. The van der Waals surface area contributed by atoms with Gasteiger partial charge in [0, 0.05) is 19.9 Å². The zero-order valence-electron chi connectivity index (χ0n) is 11.0. The number of thiophene rings is 1. The number of amides is 2. The quantitative estimate of drug-likeness (QED) is 0.878. The standard InChI is InChI=1S/C12H13N3O4S/c1-6-5-20-10(12(18)19)9(6)13-11(17)7-3-4-8(16)15(2)14-7/h5H,3-4H2,1-2H3,(H,13,17)(H,18,19).